The van der Waals surface area contributed by atoms with E-state index in [-0.39, 0.29) is 6.04 Å². The average Bonchev–Trinajstić information content (AvgIpc) is 1.98. The van der Waals surface area contributed by atoms with E-state index >= 15 is 0 Å². The lowest BCUT2D eigenvalue weighted by Crippen LogP contribution is -2.30. The van der Waals surface area contributed by atoms with Gasteiger partial charge in [-0.15, -0.1) is 0 Å². The standard InChI is InChI=1S/C8H16N2O/c1-3-5-6(8(10)11)7(9)4-2/h5,7H,3-4,9H2,1-2H3,(H2,10,11). The number of carbonyl (C=O) groups excluding carboxylic acids is 1. The second kappa shape index (κ2) is 4.91. The van der Waals surface area contributed by atoms with Crippen LogP contribution in [0.5, 0.6) is 0 Å². The third-order valence-corrected chi connectivity index (χ3v) is 1.55. The largest absolute Gasteiger partial charge is 0.366 e. The van der Waals surface area contributed by atoms with Crippen molar-refractivity contribution in [1.29, 1.82) is 0 Å². The summed E-state index contributed by atoms with van der Waals surface area (Å²) in [5, 5.41) is 0. The van der Waals surface area contributed by atoms with E-state index in [1.165, 1.54) is 0 Å². The van der Waals surface area contributed by atoms with Crippen LogP contribution in [-0.2, 0) is 4.79 Å². The number of carbonyl (C=O) groups is 1. The van der Waals surface area contributed by atoms with Gasteiger partial charge in [-0.1, -0.05) is 19.9 Å². The SMILES string of the molecule is CCC=C(C(N)=O)C(N)CC. The van der Waals surface area contributed by atoms with Gasteiger partial charge in [0, 0.05) is 11.6 Å². The highest BCUT2D eigenvalue weighted by Gasteiger charge is 2.11. The first kappa shape index (κ1) is 10.2. The molecular weight excluding hydrogens is 140 g/mol. The molecule has 0 spiro atoms. The highest BCUT2D eigenvalue weighted by Crippen LogP contribution is 2.03. The Morgan fingerprint density at radius 3 is 2.36 bits per heavy atom. The van der Waals surface area contributed by atoms with E-state index in [0.29, 0.717) is 5.57 Å². The molecule has 1 atom stereocenters. The first-order valence-electron chi connectivity index (χ1n) is 3.88. The van der Waals surface area contributed by atoms with Crippen LogP contribution < -0.4 is 11.5 Å². The topological polar surface area (TPSA) is 69.1 Å². The molecule has 64 valence electrons. The molecule has 0 aliphatic carbocycles. The van der Waals surface area contributed by atoms with Crippen LogP contribution in [0, 0.1) is 0 Å². The van der Waals surface area contributed by atoms with Crippen molar-refractivity contribution in [2.75, 3.05) is 0 Å². The van der Waals surface area contributed by atoms with Crippen molar-refractivity contribution in [2.45, 2.75) is 32.7 Å². The zero-order valence-corrected chi connectivity index (χ0v) is 7.13. The van der Waals surface area contributed by atoms with E-state index in [2.05, 4.69) is 0 Å². The first-order chi connectivity index (χ1) is 5.13. The van der Waals surface area contributed by atoms with Crippen LogP contribution in [0.3, 0.4) is 0 Å². The summed E-state index contributed by atoms with van der Waals surface area (Å²) >= 11 is 0. The fourth-order valence-corrected chi connectivity index (χ4v) is 0.875. The Balaban J connectivity index is 4.34. The Kier molecular flexibility index (Phi) is 4.54. The van der Waals surface area contributed by atoms with E-state index in [1.54, 1.807) is 6.08 Å². The number of nitrogens with two attached hydrogens (primary N) is 2. The molecule has 0 fully saturated rings. The van der Waals surface area contributed by atoms with E-state index in [1.807, 2.05) is 13.8 Å². The van der Waals surface area contributed by atoms with Crippen molar-refractivity contribution in [2.24, 2.45) is 11.5 Å². The third-order valence-electron chi connectivity index (χ3n) is 1.55. The second-order valence-corrected chi connectivity index (χ2v) is 2.45. The van der Waals surface area contributed by atoms with Crippen molar-refractivity contribution < 1.29 is 4.79 Å². The van der Waals surface area contributed by atoms with E-state index < -0.39 is 5.91 Å². The number of primary amides is 1. The quantitative estimate of drug-likeness (QED) is 0.583. The molecule has 3 nitrogen and oxygen atoms in total. The maximum atomic E-state index is 10.8. The van der Waals surface area contributed by atoms with Crippen molar-refractivity contribution in [3.8, 4) is 0 Å². The van der Waals surface area contributed by atoms with Crippen LogP contribution in [-0.4, -0.2) is 11.9 Å². The molecule has 0 aromatic rings. The number of allylic oxidation sites excluding steroid dienone is 1. The number of hydrogen-bond donors (Lipinski definition) is 2. The number of hydrogen-bond acceptors (Lipinski definition) is 2. The van der Waals surface area contributed by atoms with E-state index in [4.69, 9.17) is 11.5 Å². The minimum absolute atomic E-state index is 0.201. The molecular formula is C8H16N2O. The maximum absolute atomic E-state index is 10.8. The predicted octanol–water partition coefficient (Wildman–Crippen LogP) is 0.545. The summed E-state index contributed by atoms with van der Waals surface area (Å²) in [5.74, 6) is -0.402. The molecule has 0 aromatic carbocycles. The minimum atomic E-state index is -0.402. The molecule has 0 aliphatic heterocycles. The van der Waals surface area contributed by atoms with Crippen LogP contribution in [0.1, 0.15) is 26.7 Å². The summed E-state index contributed by atoms with van der Waals surface area (Å²) in [6, 6.07) is -0.201. The second-order valence-electron chi connectivity index (χ2n) is 2.45. The summed E-state index contributed by atoms with van der Waals surface area (Å²) in [6.07, 6.45) is 3.33. The average molecular weight is 156 g/mol. The fourth-order valence-electron chi connectivity index (χ4n) is 0.875. The van der Waals surface area contributed by atoms with Crippen LogP contribution >= 0.6 is 0 Å². The summed E-state index contributed by atoms with van der Waals surface area (Å²) in [5.41, 5.74) is 11.3. The Bertz CT molecular complexity index is 163. The molecule has 0 heterocycles. The molecule has 0 aromatic heterocycles. The molecule has 4 N–H and O–H groups in total. The normalized spacial score (nSPS) is 14.6. The summed E-state index contributed by atoms with van der Waals surface area (Å²) in [4.78, 5) is 10.8. The summed E-state index contributed by atoms with van der Waals surface area (Å²) in [6.45, 7) is 3.88. The van der Waals surface area contributed by atoms with Gasteiger partial charge in [0.2, 0.25) is 5.91 Å². The zero-order chi connectivity index (χ0) is 8.85. The van der Waals surface area contributed by atoms with Crippen molar-refractivity contribution in [1.82, 2.24) is 0 Å². The van der Waals surface area contributed by atoms with Gasteiger partial charge in [0.15, 0.2) is 0 Å². The van der Waals surface area contributed by atoms with E-state index in [9.17, 15) is 4.79 Å². The third kappa shape index (κ3) is 3.18. The molecule has 3 heteroatoms. The lowest BCUT2D eigenvalue weighted by molar-refractivity contribution is -0.114. The Hall–Kier alpha value is -0.830. The van der Waals surface area contributed by atoms with Crippen molar-refractivity contribution in [3.05, 3.63) is 11.6 Å². The van der Waals surface area contributed by atoms with Crippen LogP contribution in [0.4, 0.5) is 0 Å². The van der Waals surface area contributed by atoms with Crippen molar-refractivity contribution >= 4 is 5.91 Å². The van der Waals surface area contributed by atoms with Crippen LogP contribution in [0.2, 0.25) is 0 Å². The van der Waals surface area contributed by atoms with Crippen LogP contribution in [0.15, 0.2) is 11.6 Å². The molecule has 1 amide bonds. The lowest BCUT2D eigenvalue weighted by Gasteiger charge is -2.09. The molecule has 0 saturated carbocycles. The zero-order valence-electron chi connectivity index (χ0n) is 7.13. The van der Waals surface area contributed by atoms with Gasteiger partial charge < -0.3 is 11.5 Å². The van der Waals surface area contributed by atoms with Gasteiger partial charge in [0.25, 0.3) is 0 Å². The molecule has 0 aliphatic rings. The molecule has 0 rings (SSSR count). The van der Waals surface area contributed by atoms with Crippen LogP contribution in [0.25, 0.3) is 0 Å². The van der Waals surface area contributed by atoms with Gasteiger partial charge in [-0.05, 0) is 12.8 Å². The van der Waals surface area contributed by atoms with Gasteiger partial charge in [-0.25, -0.2) is 0 Å². The molecule has 0 bridgehead atoms. The Morgan fingerprint density at radius 2 is 2.09 bits per heavy atom. The molecule has 0 saturated heterocycles. The molecule has 0 radical (unpaired) electrons. The Labute approximate surface area is 67.4 Å². The summed E-state index contributed by atoms with van der Waals surface area (Å²) < 4.78 is 0. The smallest absolute Gasteiger partial charge is 0.245 e. The monoisotopic (exact) mass is 156 g/mol. The van der Waals surface area contributed by atoms with Gasteiger partial charge in [-0.3, -0.25) is 4.79 Å². The Morgan fingerprint density at radius 1 is 1.55 bits per heavy atom. The van der Waals surface area contributed by atoms with Gasteiger partial charge in [-0.2, -0.15) is 0 Å². The van der Waals surface area contributed by atoms with Gasteiger partial charge >= 0.3 is 0 Å². The van der Waals surface area contributed by atoms with Crippen molar-refractivity contribution in [3.63, 3.8) is 0 Å². The fraction of sp³-hybridized carbons (Fsp3) is 0.625. The minimum Gasteiger partial charge on any atom is -0.366 e. The highest BCUT2D eigenvalue weighted by molar-refractivity contribution is 5.93. The predicted molar refractivity (Wildman–Crippen MR) is 45.8 cm³/mol. The highest BCUT2D eigenvalue weighted by atomic mass is 16.1. The maximum Gasteiger partial charge on any atom is 0.245 e. The van der Waals surface area contributed by atoms with Gasteiger partial charge in [0.1, 0.15) is 0 Å². The van der Waals surface area contributed by atoms with E-state index in [0.717, 1.165) is 12.8 Å². The lowest BCUT2D eigenvalue weighted by atomic mass is 10.0. The summed E-state index contributed by atoms with van der Waals surface area (Å²) in [7, 11) is 0. The number of rotatable bonds is 4. The van der Waals surface area contributed by atoms with Gasteiger partial charge in [0.05, 0.1) is 0 Å². The first-order valence-corrected chi connectivity index (χ1v) is 3.88. The molecule has 1 unspecified atom stereocenters. The molecule has 11 heavy (non-hydrogen) atoms. The number of amides is 1.